The van der Waals surface area contributed by atoms with Crippen LogP contribution in [0.2, 0.25) is 0 Å². The summed E-state index contributed by atoms with van der Waals surface area (Å²) in [6, 6.07) is 4.66. The molecule has 0 aliphatic rings. The SMILES string of the molecule is [C-]#[N+]c1cc(-c2nc(C)c(C(=O)OCC)s2)ccc1O. The normalized spacial score (nSPS) is 10.1. The maximum Gasteiger partial charge on any atom is 0.350 e. The molecule has 0 fully saturated rings. The van der Waals surface area contributed by atoms with Gasteiger partial charge in [0.25, 0.3) is 0 Å². The van der Waals surface area contributed by atoms with Crippen LogP contribution >= 0.6 is 11.3 Å². The van der Waals surface area contributed by atoms with Gasteiger partial charge in [-0.2, -0.15) is 0 Å². The lowest BCUT2D eigenvalue weighted by atomic mass is 10.2. The van der Waals surface area contributed by atoms with Crippen LogP contribution in [0.5, 0.6) is 5.75 Å². The van der Waals surface area contributed by atoms with Crippen molar-refractivity contribution in [2.75, 3.05) is 6.61 Å². The molecule has 20 heavy (non-hydrogen) atoms. The van der Waals surface area contributed by atoms with E-state index in [0.717, 1.165) is 0 Å². The van der Waals surface area contributed by atoms with Crippen molar-refractivity contribution in [1.29, 1.82) is 0 Å². The molecule has 2 aromatic rings. The molecule has 0 aliphatic heterocycles. The van der Waals surface area contributed by atoms with Crippen LogP contribution < -0.4 is 0 Å². The van der Waals surface area contributed by atoms with Gasteiger partial charge in [0.05, 0.1) is 18.9 Å². The van der Waals surface area contributed by atoms with Crippen molar-refractivity contribution < 1.29 is 14.6 Å². The number of carbonyl (C=O) groups excluding carboxylic acids is 1. The summed E-state index contributed by atoms with van der Waals surface area (Å²) in [6.07, 6.45) is 0. The minimum atomic E-state index is -0.391. The highest BCUT2D eigenvalue weighted by molar-refractivity contribution is 7.17. The largest absolute Gasteiger partial charge is 0.519 e. The van der Waals surface area contributed by atoms with Crippen LogP contribution in [0.15, 0.2) is 18.2 Å². The predicted molar refractivity (Wildman–Crippen MR) is 76.2 cm³/mol. The Balaban J connectivity index is 2.42. The van der Waals surface area contributed by atoms with Crippen molar-refractivity contribution in [3.05, 3.63) is 40.2 Å². The third-order valence-electron chi connectivity index (χ3n) is 2.60. The van der Waals surface area contributed by atoms with E-state index in [4.69, 9.17) is 11.3 Å². The van der Waals surface area contributed by atoms with Crippen molar-refractivity contribution >= 4 is 23.0 Å². The fourth-order valence-electron chi connectivity index (χ4n) is 1.65. The number of aryl methyl sites for hydroxylation is 1. The highest BCUT2D eigenvalue weighted by Crippen LogP contribution is 2.34. The van der Waals surface area contributed by atoms with Crippen LogP contribution in [0.3, 0.4) is 0 Å². The molecule has 1 N–H and O–H groups in total. The molecule has 0 atom stereocenters. The first kappa shape index (κ1) is 14.0. The number of hydrogen-bond donors (Lipinski definition) is 1. The van der Waals surface area contributed by atoms with Crippen molar-refractivity contribution in [2.24, 2.45) is 0 Å². The number of aromatic nitrogens is 1. The Bertz CT molecular complexity index is 701. The quantitative estimate of drug-likeness (QED) is 0.693. The lowest BCUT2D eigenvalue weighted by Crippen LogP contribution is -2.03. The summed E-state index contributed by atoms with van der Waals surface area (Å²) in [6.45, 7) is 10.8. The number of phenolic OH excluding ortho intramolecular Hbond substituents is 1. The number of benzene rings is 1. The Hall–Kier alpha value is -2.39. The molecule has 1 aromatic heterocycles. The number of thiazole rings is 1. The molecule has 0 saturated carbocycles. The van der Waals surface area contributed by atoms with Gasteiger partial charge in [-0.3, -0.25) is 0 Å². The van der Waals surface area contributed by atoms with Crippen molar-refractivity contribution in [3.8, 4) is 16.3 Å². The number of rotatable bonds is 3. The van der Waals surface area contributed by atoms with E-state index in [2.05, 4.69) is 9.83 Å². The number of nitrogens with zero attached hydrogens (tertiary/aromatic N) is 2. The second-order valence-electron chi connectivity index (χ2n) is 3.97. The topological polar surface area (TPSA) is 63.8 Å². The Kier molecular flexibility index (Phi) is 4.01. The molecule has 0 radical (unpaired) electrons. The number of hydrogen-bond acceptors (Lipinski definition) is 5. The monoisotopic (exact) mass is 288 g/mol. The van der Waals surface area contributed by atoms with Crippen LogP contribution in [0, 0.1) is 13.5 Å². The average Bonchev–Trinajstić information content (AvgIpc) is 2.82. The Morgan fingerprint density at radius 1 is 1.55 bits per heavy atom. The lowest BCUT2D eigenvalue weighted by Gasteiger charge is -1.99. The highest BCUT2D eigenvalue weighted by Gasteiger charge is 2.17. The van der Waals surface area contributed by atoms with E-state index < -0.39 is 5.97 Å². The zero-order valence-corrected chi connectivity index (χ0v) is 11.8. The number of esters is 1. The van der Waals surface area contributed by atoms with Gasteiger partial charge in [-0.15, -0.1) is 11.3 Å². The summed E-state index contributed by atoms with van der Waals surface area (Å²) in [7, 11) is 0. The van der Waals surface area contributed by atoms with Crippen molar-refractivity contribution in [2.45, 2.75) is 13.8 Å². The van der Waals surface area contributed by atoms with Crippen molar-refractivity contribution in [1.82, 2.24) is 4.98 Å². The molecule has 1 heterocycles. The van der Waals surface area contributed by atoms with E-state index in [-0.39, 0.29) is 11.4 Å². The van der Waals surface area contributed by atoms with E-state index in [9.17, 15) is 9.90 Å². The molecule has 0 amide bonds. The molecule has 6 heteroatoms. The predicted octanol–water partition coefficient (Wildman–Crippen LogP) is 3.55. The summed E-state index contributed by atoms with van der Waals surface area (Å²) >= 11 is 1.22. The maximum atomic E-state index is 11.7. The van der Waals surface area contributed by atoms with Gasteiger partial charge in [0, 0.05) is 5.56 Å². The summed E-state index contributed by atoms with van der Waals surface area (Å²) in [5.74, 6) is -0.458. The zero-order chi connectivity index (χ0) is 14.7. The molecule has 0 aliphatic carbocycles. The van der Waals surface area contributed by atoms with Crippen LogP contribution in [-0.2, 0) is 4.74 Å². The van der Waals surface area contributed by atoms with E-state index in [1.54, 1.807) is 26.0 Å². The summed E-state index contributed by atoms with van der Waals surface area (Å²) in [5.41, 5.74) is 1.45. The minimum absolute atomic E-state index is 0.0670. The van der Waals surface area contributed by atoms with Gasteiger partial charge in [0.15, 0.2) is 0 Å². The molecule has 1 aromatic carbocycles. The van der Waals surface area contributed by atoms with Crippen LogP contribution in [0.25, 0.3) is 15.4 Å². The minimum Gasteiger partial charge on any atom is -0.519 e. The fraction of sp³-hybridized carbons (Fsp3) is 0.214. The van der Waals surface area contributed by atoms with Gasteiger partial charge in [-0.05, 0) is 26.0 Å². The lowest BCUT2D eigenvalue weighted by molar-refractivity contribution is 0.0531. The summed E-state index contributed by atoms with van der Waals surface area (Å²) in [4.78, 5) is 19.8. The van der Waals surface area contributed by atoms with Gasteiger partial charge in [0.1, 0.15) is 15.6 Å². The van der Waals surface area contributed by atoms with Crippen molar-refractivity contribution in [3.63, 3.8) is 0 Å². The smallest absolute Gasteiger partial charge is 0.350 e. The van der Waals surface area contributed by atoms with Gasteiger partial charge >= 0.3 is 5.97 Å². The number of ether oxygens (including phenoxy) is 1. The Labute approximate surface area is 120 Å². The van der Waals surface area contributed by atoms with E-state index in [0.29, 0.717) is 27.7 Å². The van der Waals surface area contributed by atoms with Gasteiger partial charge < -0.3 is 9.84 Å². The number of phenols is 1. The standard InChI is InChI=1S/C14H12N2O3S/c1-4-19-14(18)12-8(2)16-13(20-12)9-5-6-11(17)10(7-9)15-3/h5-7,17H,4H2,1-2H3. The van der Waals surface area contributed by atoms with E-state index in [1.807, 2.05) is 0 Å². The Morgan fingerprint density at radius 2 is 2.30 bits per heavy atom. The van der Waals surface area contributed by atoms with E-state index in [1.165, 1.54) is 17.4 Å². The first-order chi connectivity index (χ1) is 9.56. The van der Waals surface area contributed by atoms with Crippen LogP contribution in [0.4, 0.5) is 5.69 Å². The number of aromatic hydroxyl groups is 1. The molecule has 0 spiro atoms. The van der Waals surface area contributed by atoms with Crippen LogP contribution in [0.1, 0.15) is 22.3 Å². The van der Waals surface area contributed by atoms with Gasteiger partial charge in [0.2, 0.25) is 5.69 Å². The van der Waals surface area contributed by atoms with E-state index >= 15 is 0 Å². The Morgan fingerprint density at radius 3 is 2.95 bits per heavy atom. The molecule has 0 bridgehead atoms. The fourth-order valence-corrected chi connectivity index (χ4v) is 2.61. The van der Waals surface area contributed by atoms with Crippen LogP contribution in [-0.4, -0.2) is 22.7 Å². The molecular weight excluding hydrogens is 276 g/mol. The molecule has 2 rings (SSSR count). The molecule has 0 saturated heterocycles. The third kappa shape index (κ3) is 2.63. The third-order valence-corrected chi connectivity index (χ3v) is 3.79. The second-order valence-corrected chi connectivity index (χ2v) is 4.97. The van der Waals surface area contributed by atoms with Gasteiger partial charge in [-0.1, -0.05) is 6.07 Å². The molecular formula is C14H12N2O3S. The second kappa shape index (κ2) is 5.72. The molecule has 5 nitrogen and oxygen atoms in total. The summed E-state index contributed by atoms with van der Waals surface area (Å²) < 4.78 is 4.96. The zero-order valence-electron chi connectivity index (χ0n) is 11.0. The summed E-state index contributed by atoms with van der Waals surface area (Å²) in [5, 5.41) is 10.1. The average molecular weight is 288 g/mol. The first-order valence-electron chi connectivity index (χ1n) is 5.92. The van der Waals surface area contributed by atoms with Gasteiger partial charge in [-0.25, -0.2) is 14.6 Å². The molecule has 0 unspecified atom stereocenters. The maximum absolute atomic E-state index is 11.7. The molecule has 102 valence electrons. The highest BCUT2D eigenvalue weighted by atomic mass is 32.1. The number of carbonyl (C=O) groups is 1. The first-order valence-corrected chi connectivity index (χ1v) is 6.73.